The van der Waals surface area contributed by atoms with Gasteiger partial charge in [0.15, 0.2) is 0 Å². The van der Waals surface area contributed by atoms with Crippen molar-refractivity contribution in [3.05, 3.63) is 0 Å². The molecular formula is C42H70N4O5. The fraction of sp³-hybridized carbons (Fsp3) is 0.929. The molecule has 3 amide bonds. The molecule has 0 spiro atoms. The Balaban J connectivity index is 0.958. The summed E-state index contributed by atoms with van der Waals surface area (Å²) in [6.45, 7) is 12.4. The molecule has 2 saturated heterocycles. The lowest BCUT2D eigenvalue weighted by molar-refractivity contribution is -0.158. The standard InChI is InChI=1S/C42H70N4O5/c1-27(2)23-33(43-38(49)24-28-9-6-5-7-10-28)39(50)46-18-8-11-34(46)40(51)45-21-19-44(20-22-45)35-26-42(4)29(25-36(35)47)12-13-30-31-14-15-37(48)41(31,3)17-16-32(30)42/h27-37,47-48H,5-26H2,1-4H3,(H,43,49)/t29-,30-,31-,32-,33-,34-,35-,36-,37-,41-,42-/m0/s1. The van der Waals surface area contributed by atoms with Crippen LogP contribution in [0.3, 0.4) is 0 Å². The lowest BCUT2D eigenvalue weighted by Crippen LogP contribution is -2.63. The molecule has 5 saturated carbocycles. The molecular weight excluding hydrogens is 640 g/mol. The molecule has 0 unspecified atom stereocenters. The van der Waals surface area contributed by atoms with E-state index < -0.39 is 12.1 Å². The molecule has 9 heteroatoms. The third-order valence-electron chi connectivity index (χ3n) is 16.1. The molecule has 0 radical (unpaired) electrons. The second-order valence-electron chi connectivity index (χ2n) is 19.4. The van der Waals surface area contributed by atoms with Gasteiger partial charge in [0, 0.05) is 45.2 Å². The Morgan fingerprint density at radius 1 is 0.804 bits per heavy atom. The lowest BCUT2D eigenvalue weighted by Gasteiger charge is -2.62. The van der Waals surface area contributed by atoms with Crippen LogP contribution in [0.2, 0.25) is 0 Å². The zero-order chi connectivity index (χ0) is 36.1. The number of fused-ring (bicyclic) bond motifs is 5. The first-order chi connectivity index (χ1) is 24.4. The van der Waals surface area contributed by atoms with Gasteiger partial charge in [0.2, 0.25) is 17.7 Å². The molecule has 51 heavy (non-hydrogen) atoms. The van der Waals surface area contributed by atoms with E-state index in [1.54, 1.807) is 4.90 Å². The molecule has 7 rings (SSSR count). The largest absolute Gasteiger partial charge is 0.393 e. The summed E-state index contributed by atoms with van der Waals surface area (Å²) < 4.78 is 0. The Labute approximate surface area is 308 Å². The second kappa shape index (κ2) is 15.2. The molecule has 7 fully saturated rings. The van der Waals surface area contributed by atoms with Crippen molar-refractivity contribution in [2.75, 3.05) is 32.7 Å². The number of aliphatic hydroxyl groups is 2. The van der Waals surface area contributed by atoms with Crippen LogP contribution >= 0.6 is 0 Å². The normalized spacial score (nSPS) is 41.2. The predicted octanol–water partition coefficient (Wildman–Crippen LogP) is 5.37. The maximum absolute atomic E-state index is 14.1. The first-order valence-corrected chi connectivity index (χ1v) is 21.4. The van der Waals surface area contributed by atoms with Crippen LogP contribution in [0.4, 0.5) is 0 Å². The molecule has 5 aliphatic carbocycles. The third kappa shape index (κ3) is 7.27. The topological polar surface area (TPSA) is 113 Å². The maximum Gasteiger partial charge on any atom is 0.245 e. The number of hydrogen-bond donors (Lipinski definition) is 3. The molecule has 0 aromatic heterocycles. The molecule has 3 N–H and O–H groups in total. The summed E-state index contributed by atoms with van der Waals surface area (Å²) in [6, 6.07) is -0.928. The van der Waals surface area contributed by atoms with Crippen LogP contribution in [0, 0.1) is 46.3 Å². The molecule has 0 aromatic carbocycles. The zero-order valence-electron chi connectivity index (χ0n) is 32.4. The highest BCUT2D eigenvalue weighted by molar-refractivity contribution is 5.92. The van der Waals surface area contributed by atoms with E-state index in [1.165, 1.54) is 44.9 Å². The van der Waals surface area contributed by atoms with E-state index in [2.05, 4.69) is 37.9 Å². The minimum atomic E-state index is -0.583. The van der Waals surface area contributed by atoms with Gasteiger partial charge in [-0.25, -0.2) is 0 Å². The number of aliphatic hydroxyl groups excluding tert-OH is 2. The van der Waals surface area contributed by atoms with Gasteiger partial charge in [-0.3, -0.25) is 19.3 Å². The molecule has 2 aliphatic heterocycles. The smallest absolute Gasteiger partial charge is 0.245 e. The minimum absolute atomic E-state index is 0.0211. The van der Waals surface area contributed by atoms with E-state index >= 15 is 0 Å². The quantitative estimate of drug-likeness (QED) is 0.313. The monoisotopic (exact) mass is 711 g/mol. The Hall–Kier alpha value is -1.71. The number of carbonyl (C=O) groups excluding carboxylic acids is 3. The van der Waals surface area contributed by atoms with Crippen molar-refractivity contribution in [2.45, 2.75) is 167 Å². The SMILES string of the molecule is CC(C)C[C@H](NC(=O)CC1CCCCC1)C(=O)N1CCC[C@H]1C(=O)N1CCN([C@H]2C[C@@]3(C)[C@@H](CC[C@@H]4[C@@H]3CC[C@]3(C)[C@@H](O)CC[C@@H]43)C[C@@H]2O)CC1. The first kappa shape index (κ1) is 37.6. The number of nitrogens with one attached hydrogen (secondary N) is 1. The summed E-state index contributed by atoms with van der Waals surface area (Å²) >= 11 is 0. The minimum Gasteiger partial charge on any atom is -0.393 e. The Morgan fingerprint density at radius 3 is 2.25 bits per heavy atom. The predicted molar refractivity (Wildman–Crippen MR) is 198 cm³/mol. The van der Waals surface area contributed by atoms with Gasteiger partial charge in [-0.2, -0.15) is 0 Å². The molecule has 7 aliphatic rings. The molecule has 288 valence electrons. The van der Waals surface area contributed by atoms with E-state index in [-0.39, 0.29) is 52.7 Å². The summed E-state index contributed by atoms with van der Waals surface area (Å²) in [7, 11) is 0. The van der Waals surface area contributed by atoms with Gasteiger partial charge in [-0.15, -0.1) is 0 Å². The number of amides is 3. The average molecular weight is 711 g/mol. The van der Waals surface area contributed by atoms with Crippen molar-refractivity contribution in [3.8, 4) is 0 Å². The van der Waals surface area contributed by atoms with Crippen molar-refractivity contribution < 1.29 is 24.6 Å². The Kier molecular flexibility index (Phi) is 11.2. The van der Waals surface area contributed by atoms with Crippen LogP contribution < -0.4 is 5.32 Å². The van der Waals surface area contributed by atoms with Crippen molar-refractivity contribution in [2.24, 2.45) is 46.3 Å². The summed E-state index contributed by atoms with van der Waals surface area (Å²) in [5.41, 5.74) is 0.288. The summed E-state index contributed by atoms with van der Waals surface area (Å²) in [4.78, 5) is 47.5. The molecule has 11 atom stereocenters. The van der Waals surface area contributed by atoms with Crippen molar-refractivity contribution in [1.29, 1.82) is 0 Å². The number of rotatable bonds is 8. The summed E-state index contributed by atoms with van der Waals surface area (Å²) in [5, 5.41) is 25.6. The average Bonchev–Trinajstić information content (AvgIpc) is 3.72. The molecule has 0 aromatic rings. The summed E-state index contributed by atoms with van der Waals surface area (Å²) in [5.74, 6) is 3.15. The number of likely N-dealkylation sites (tertiary alicyclic amines) is 1. The van der Waals surface area contributed by atoms with Crippen LogP contribution in [0.5, 0.6) is 0 Å². The van der Waals surface area contributed by atoms with Gasteiger partial charge < -0.3 is 25.3 Å². The number of carbonyl (C=O) groups is 3. The van der Waals surface area contributed by atoms with Crippen LogP contribution in [0.25, 0.3) is 0 Å². The summed E-state index contributed by atoms with van der Waals surface area (Å²) in [6.07, 6.45) is 16.7. The number of piperazine rings is 1. The van der Waals surface area contributed by atoms with Gasteiger partial charge in [-0.05, 0) is 130 Å². The highest BCUT2D eigenvalue weighted by atomic mass is 16.3. The van der Waals surface area contributed by atoms with E-state index in [4.69, 9.17) is 0 Å². The van der Waals surface area contributed by atoms with Crippen molar-refractivity contribution in [1.82, 2.24) is 20.0 Å². The van der Waals surface area contributed by atoms with Gasteiger partial charge in [0.1, 0.15) is 12.1 Å². The maximum atomic E-state index is 14.1. The van der Waals surface area contributed by atoms with Gasteiger partial charge in [0.05, 0.1) is 12.2 Å². The highest BCUT2D eigenvalue weighted by Gasteiger charge is 2.61. The molecule has 0 bridgehead atoms. The highest BCUT2D eigenvalue weighted by Crippen LogP contribution is 2.66. The van der Waals surface area contributed by atoms with E-state index in [0.29, 0.717) is 68.5 Å². The first-order valence-electron chi connectivity index (χ1n) is 21.4. The van der Waals surface area contributed by atoms with Crippen molar-refractivity contribution in [3.63, 3.8) is 0 Å². The number of nitrogens with zero attached hydrogens (tertiary/aromatic N) is 3. The molecule has 2 heterocycles. The fourth-order valence-electron chi connectivity index (χ4n) is 13.2. The lowest BCUT2D eigenvalue weighted by atomic mass is 9.44. The van der Waals surface area contributed by atoms with Crippen LogP contribution in [-0.4, -0.2) is 106 Å². The van der Waals surface area contributed by atoms with Gasteiger partial charge >= 0.3 is 0 Å². The second-order valence-corrected chi connectivity index (χ2v) is 19.4. The van der Waals surface area contributed by atoms with Crippen LogP contribution in [0.15, 0.2) is 0 Å². The van der Waals surface area contributed by atoms with E-state index in [1.807, 2.05) is 4.90 Å². The van der Waals surface area contributed by atoms with Crippen LogP contribution in [0.1, 0.15) is 137 Å². The zero-order valence-corrected chi connectivity index (χ0v) is 32.4. The van der Waals surface area contributed by atoms with Gasteiger partial charge in [0.25, 0.3) is 0 Å². The van der Waals surface area contributed by atoms with E-state index in [9.17, 15) is 24.6 Å². The van der Waals surface area contributed by atoms with Crippen LogP contribution in [-0.2, 0) is 14.4 Å². The Morgan fingerprint density at radius 2 is 1.53 bits per heavy atom. The van der Waals surface area contributed by atoms with E-state index in [0.717, 1.165) is 58.0 Å². The Bertz CT molecular complexity index is 1260. The van der Waals surface area contributed by atoms with Crippen molar-refractivity contribution >= 4 is 17.7 Å². The number of hydrogen-bond acceptors (Lipinski definition) is 6. The van der Waals surface area contributed by atoms with Gasteiger partial charge in [-0.1, -0.05) is 47.0 Å². The molecule has 9 nitrogen and oxygen atoms in total. The third-order valence-corrected chi connectivity index (χ3v) is 16.1. The fourth-order valence-corrected chi connectivity index (χ4v) is 13.2.